The van der Waals surface area contributed by atoms with Crippen molar-refractivity contribution in [3.05, 3.63) is 59.9 Å². The summed E-state index contributed by atoms with van der Waals surface area (Å²) < 4.78 is 65.5. The van der Waals surface area contributed by atoms with Crippen LogP contribution in [0, 0.1) is 17.5 Å². The highest BCUT2D eigenvalue weighted by atomic mass is 32.2. The van der Waals surface area contributed by atoms with Crippen LogP contribution in [-0.2, 0) is 14.8 Å². The number of hydrogen-bond donors (Lipinski definition) is 0. The summed E-state index contributed by atoms with van der Waals surface area (Å²) in [7, 11) is -3.94. The molecular weight excluding hydrogens is 419 g/mol. The van der Waals surface area contributed by atoms with Crippen molar-refractivity contribution in [1.82, 2.24) is 4.90 Å². The maximum Gasteiger partial charge on any atom is 0.246 e. The van der Waals surface area contributed by atoms with Gasteiger partial charge in [0, 0.05) is 37.9 Å². The fraction of sp³-hybridized carbons (Fsp3) is 0.350. The zero-order valence-corrected chi connectivity index (χ0v) is 17.4. The fourth-order valence-electron chi connectivity index (χ4n) is 3.53. The lowest BCUT2D eigenvalue weighted by molar-refractivity contribution is -0.132. The number of piperazine rings is 1. The zero-order chi connectivity index (χ0) is 22.1. The van der Waals surface area contributed by atoms with E-state index in [2.05, 4.69) is 0 Å². The zero-order valence-electron chi connectivity index (χ0n) is 16.6. The van der Waals surface area contributed by atoms with E-state index in [1.54, 1.807) is 12.1 Å². The molecule has 1 atom stereocenters. The van der Waals surface area contributed by atoms with Gasteiger partial charge in [0.2, 0.25) is 15.9 Å². The number of carbonyl (C=O) groups excluding carboxylic acids is 1. The first-order valence-corrected chi connectivity index (χ1v) is 11.2. The maximum atomic E-state index is 13.7. The summed E-state index contributed by atoms with van der Waals surface area (Å²) in [5, 5.41) is 0. The molecule has 2 aromatic rings. The lowest BCUT2D eigenvalue weighted by atomic mass is 10.2. The Hall–Kier alpha value is -2.75. The summed E-state index contributed by atoms with van der Waals surface area (Å²) in [5.41, 5.74) is 0.707. The fourth-order valence-corrected chi connectivity index (χ4v) is 4.69. The summed E-state index contributed by atoms with van der Waals surface area (Å²) in [6.07, 6.45) is 0.907. The van der Waals surface area contributed by atoms with E-state index in [0.29, 0.717) is 26.2 Å². The third-order valence-electron chi connectivity index (χ3n) is 5.01. The smallest absolute Gasteiger partial charge is 0.246 e. The Balaban J connectivity index is 1.74. The van der Waals surface area contributed by atoms with Gasteiger partial charge >= 0.3 is 0 Å². The number of sulfonamides is 1. The summed E-state index contributed by atoms with van der Waals surface area (Å²) in [6.45, 7) is 3.09. The number of hydrogen-bond acceptors (Lipinski definition) is 4. The predicted molar refractivity (Wildman–Crippen MR) is 108 cm³/mol. The van der Waals surface area contributed by atoms with Crippen molar-refractivity contribution in [1.29, 1.82) is 0 Å². The summed E-state index contributed by atoms with van der Waals surface area (Å²) >= 11 is 0. The molecule has 1 aliphatic heterocycles. The third-order valence-corrected chi connectivity index (χ3v) is 6.25. The van der Waals surface area contributed by atoms with Crippen molar-refractivity contribution in [2.75, 3.05) is 41.6 Å². The molecule has 6 nitrogen and oxygen atoms in total. The van der Waals surface area contributed by atoms with Crippen LogP contribution in [0.1, 0.15) is 6.92 Å². The number of amides is 1. The van der Waals surface area contributed by atoms with Crippen LogP contribution >= 0.6 is 0 Å². The molecule has 1 amide bonds. The van der Waals surface area contributed by atoms with Gasteiger partial charge in [0.1, 0.15) is 11.9 Å². The van der Waals surface area contributed by atoms with E-state index in [0.717, 1.165) is 34.4 Å². The van der Waals surface area contributed by atoms with Crippen LogP contribution in [-0.4, -0.2) is 57.7 Å². The number of nitrogens with zero attached hydrogens (tertiary/aromatic N) is 3. The van der Waals surface area contributed by atoms with Gasteiger partial charge in [-0.05, 0) is 43.3 Å². The van der Waals surface area contributed by atoms with Crippen LogP contribution in [0.25, 0.3) is 0 Å². The molecule has 1 heterocycles. The van der Waals surface area contributed by atoms with Crippen LogP contribution in [0.2, 0.25) is 0 Å². The highest BCUT2D eigenvalue weighted by molar-refractivity contribution is 7.92. The van der Waals surface area contributed by atoms with E-state index in [1.807, 2.05) is 4.90 Å². The van der Waals surface area contributed by atoms with E-state index in [4.69, 9.17) is 0 Å². The molecule has 30 heavy (non-hydrogen) atoms. The minimum Gasteiger partial charge on any atom is -0.368 e. The molecule has 2 aromatic carbocycles. The summed E-state index contributed by atoms with van der Waals surface area (Å²) in [5.74, 6) is -3.08. The predicted octanol–water partition coefficient (Wildman–Crippen LogP) is 2.61. The first kappa shape index (κ1) is 21.9. The van der Waals surface area contributed by atoms with Crippen molar-refractivity contribution in [2.45, 2.75) is 13.0 Å². The highest BCUT2D eigenvalue weighted by Gasteiger charge is 2.33. The number of anilines is 2. The average Bonchev–Trinajstić information content (AvgIpc) is 2.70. The van der Waals surface area contributed by atoms with E-state index >= 15 is 0 Å². The quantitative estimate of drug-likeness (QED) is 0.716. The molecule has 0 unspecified atom stereocenters. The maximum absolute atomic E-state index is 13.7. The van der Waals surface area contributed by atoms with Gasteiger partial charge in [0.15, 0.2) is 11.6 Å². The van der Waals surface area contributed by atoms with Gasteiger partial charge in [-0.25, -0.2) is 21.6 Å². The number of carbonyl (C=O) groups is 1. The standard InChI is InChI=1S/C20H22F3N3O3S/c1-14(26(30(2,28)29)17-7-8-18(22)19(23)13-17)20(27)25-11-9-24(10-12-25)16-5-3-15(21)4-6-16/h3-8,13-14H,9-12H2,1-2H3/t14-/m1/s1. The summed E-state index contributed by atoms with van der Waals surface area (Å²) in [4.78, 5) is 16.5. The Morgan fingerprint density at radius 2 is 1.57 bits per heavy atom. The van der Waals surface area contributed by atoms with Crippen LogP contribution in [0.3, 0.4) is 0 Å². The van der Waals surface area contributed by atoms with Gasteiger partial charge in [-0.15, -0.1) is 0 Å². The largest absolute Gasteiger partial charge is 0.368 e. The SMILES string of the molecule is C[C@H](C(=O)N1CCN(c2ccc(F)cc2)CC1)N(c1ccc(F)c(F)c1)S(C)(=O)=O. The second-order valence-electron chi connectivity index (χ2n) is 7.12. The first-order chi connectivity index (χ1) is 14.1. The molecule has 0 saturated carbocycles. The molecule has 3 rings (SSSR count). The van der Waals surface area contributed by atoms with Gasteiger partial charge in [0.25, 0.3) is 0 Å². The number of halogens is 3. The molecule has 1 fully saturated rings. The Kier molecular flexibility index (Phi) is 6.25. The van der Waals surface area contributed by atoms with Crippen LogP contribution in [0.4, 0.5) is 24.5 Å². The van der Waals surface area contributed by atoms with Crippen LogP contribution in [0.5, 0.6) is 0 Å². The monoisotopic (exact) mass is 441 g/mol. The molecule has 10 heteroatoms. The number of rotatable bonds is 5. The molecule has 0 N–H and O–H groups in total. The minimum absolute atomic E-state index is 0.123. The Morgan fingerprint density at radius 3 is 2.10 bits per heavy atom. The van der Waals surface area contributed by atoms with Gasteiger partial charge in [-0.3, -0.25) is 9.10 Å². The van der Waals surface area contributed by atoms with Crippen LogP contribution in [0.15, 0.2) is 42.5 Å². The van der Waals surface area contributed by atoms with Gasteiger partial charge in [-0.1, -0.05) is 0 Å². The molecule has 0 spiro atoms. The van der Waals surface area contributed by atoms with Gasteiger partial charge in [0.05, 0.1) is 11.9 Å². The molecule has 0 aromatic heterocycles. The molecule has 0 bridgehead atoms. The molecular formula is C20H22F3N3O3S. The second-order valence-corrected chi connectivity index (χ2v) is 8.98. The topological polar surface area (TPSA) is 60.9 Å². The second kappa shape index (κ2) is 8.55. The van der Waals surface area contributed by atoms with Crippen molar-refractivity contribution in [2.24, 2.45) is 0 Å². The molecule has 1 aliphatic rings. The third kappa shape index (κ3) is 4.69. The Labute approximate surface area is 173 Å². The minimum atomic E-state index is -3.94. The summed E-state index contributed by atoms with van der Waals surface area (Å²) in [6, 6.07) is 7.60. The molecule has 1 saturated heterocycles. The van der Waals surface area contributed by atoms with E-state index < -0.39 is 33.6 Å². The van der Waals surface area contributed by atoms with E-state index in [1.165, 1.54) is 24.0 Å². The highest BCUT2D eigenvalue weighted by Crippen LogP contribution is 2.25. The lowest BCUT2D eigenvalue weighted by Gasteiger charge is -2.39. The Bertz CT molecular complexity index is 1020. The number of benzene rings is 2. The lowest BCUT2D eigenvalue weighted by Crippen LogP contribution is -2.55. The molecule has 0 radical (unpaired) electrons. The average molecular weight is 441 g/mol. The van der Waals surface area contributed by atoms with Gasteiger partial charge < -0.3 is 9.80 Å². The van der Waals surface area contributed by atoms with E-state index in [9.17, 15) is 26.4 Å². The van der Waals surface area contributed by atoms with Crippen molar-refractivity contribution in [3.63, 3.8) is 0 Å². The van der Waals surface area contributed by atoms with Crippen molar-refractivity contribution >= 4 is 27.3 Å². The van der Waals surface area contributed by atoms with Crippen molar-refractivity contribution < 1.29 is 26.4 Å². The van der Waals surface area contributed by atoms with E-state index in [-0.39, 0.29) is 11.5 Å². The molecule has 162 valence electrons. The first-order valence-electron chi connectivity index (χ1n) is 9.31. The molecule has 0 aliphatic carbocycles. The van der Waals surface area contributed by atoms with Gasteiger partial charge in [-0.2, -0.15) is 0 Å². The van der Waals surface area contributed by atoms with Crippen LogP contribution < -0.4 is 9.21 Å². The van der Waals surface area contributed by atoms with Crippen molar-refractivity contribution in [3.8, 4) is 0 Å². The normalized spacial score (nSPS) is 15.8. The Morgan fingerprint density at radius 1 is 0.967 bits per heavy atom.